The van der Waals surface area contributed by atoms with Gasteiger partial charge in [-0.3, -0.25) is 4.79 Å². The Morgan fingerprint density at radius 1 is 1.21 bits per heavy atom. The van der Waals surface area contributed by atoms with Gasteiger partial charge in [-0.25, -0.2) is 13.4 Å². The van der Waals surface area contributed by atoms with Crippen molar-refractivity contribution < 1.29 is 17.9 Å². The Hall–Kier alpha value is -2.01. The van der Waals surface area contributed by atoms with Crippen LogP contribution in [0.3, 0.4) is 0 Å². The standard InChI is InChI=1S/C19H26N4O4S2/c20-8-4-1-5-13-29(25,26)17-7-3-2-6-15(17)21-18(24)16-14-28-19(22-16)23-9-11-27-12-10-23/h2-3,6-7,14H,1,4-5,8-13,20H2,(H,21,24). The van der Waals surface area contributed by atoms with Gasteiger partial charge in [0, 0.05) is 18.5 Å². The molecule has 1 aliphatic heterocycles. The number of carbonyl (C=O) groups is 1. The summed E-state index contributed by atoms with van der Waals surface area (Å²) in [7, 11) is -3.51. The molecule has 1 saturated heterocycles. The van der Waals surface area contributed by atoms with Gasteiger partial charge in [0.15, 0.2) is 15.0 Å². The molecule has 0 bridgehead atoms. The van der Waals surface area contributed by atoms with Crippen molar-refractivity contribution in [1.29, 1.82) is 0 Å². The fraction of sp³-hybridized carbons (Fsp3) is 0.474. The molecule has 29 heavy (non-hydrogen) atoms. The number of aromatic nitrogens is 1. The molecular weight excluding hydrogens is 412 g/mol. The van der Waals surface area contributed by atoms with Crippen molar-refractivity contribution in [2.45, 2.75) is 24.2 Å². The lowest BCUT2D eigenvalue weighted by Gasteiger charge is -2.25. The molecule has 0 spiro atoms. The van der Waals surface area contributed by atoms with Crippen LogP contribution in [-0.4, -0.2) is 57.9 Å². The molecule has 3 N–H and O–H groups in total. The average molecular weight is 439 g/mol. The van der Waals surface area contributed by atoms with Crippen molar-refractivity contribution >= 4 is 37.9 Å². The second kappa shape index (κ2) is 10.1. The normalized spacial score (nSPS) is 14.7. The minimum Gasteiger partial charge on any atom is -0.378 e. The molecule has 0 aliphatic carbocycles. The topological polar surface area (TPSA) is 115 Å². The predicted molar refractivity (Wildman–Crippen MR) is 114 cm³/mol. The Bertz CT molecular complexity index is 924. The minimum absolute atomic E-state index is 0.0256. The number of ether oxygens (including phenoxy) is 1. The van der Waals surface area contributed by atoms with E-state index < -0.39 is 15.7 Å². The van der Waals surface area contributed by atoms with Gasteiger partial charge in [0.25, 0.3) is 5.91 Å². The smallest absolute Gasteiger partial charge is 0.275 e. The number of nitrogens with zero attached hydrogens (tertiary/aromatic N) is 2. The zero-order valence-corrected chi connectivity index (χ0v) is 17.8. The molecule has 0 radical (unpaired) electrons. The van der Waals surface area contributed by atoms with E-state index in [1.165, 1.54) is 17.4 Å². The number of amides is 1. The molecule has 10 heteroatoms. The van der Waals surface area contributed by atoms with Crippen LogP contribution in [0.2, 0.25) is 0 Å². The molecule has 0 unspecified atom stereocenters. The molecule has 158 valence electrons. The van der Waals surface area contributed by atoms with Crippen molar-refractivity contribution in [1.82, 2.24) is 4.98 Å². The molecule has 1 fully saturated rings. The van der Waals surface area contributed by atoms with Crippen LogP contribution in [0.4, 0.5) is 10.8 Å². The summed E-state index contributed by atoms with van der Waals surface area (Å²) in [5.74, 6) is -0.399. The quantitative estimate of drug-likeness (QED) is 0.576. The Morgan fingerprint density at radius 2 is 1.97 bits per heavy atom. The van der Waals surface area contributed by atoms with Crippen LogP contribution >= 0.6 is 11.3 Å². The lowest BCUT2D eigenvalue weighted by molar-refractivity contribution is 0.102. The van der Waals surface area contributed by atoms with E-state index in [9.17, 15) is 13.2 Å². The molecule has 0 atom stereocenters. The first-order valence-electron chi connectivity index (χ1n) is 9.62. The molecule has 2 heterocycles. The maximum atomic E-state index is 12.7. The van der Waals surface area contributed by atoms with Crippen molar-refractivity contribution in [3.8, 4) is 0 Å². The number of hydrogen-bond donors (Lipinski definition) is 2. The van der Waals surface area contributed by atoms with E-state index in [2.05, 4.69) is 15.2 Å². The third-order valence-electron chi connectivity index (χ3n) is 4.59. The minimum atomic E-state index is -3.51. The van der Waals surface area contributed by atoms with E-state index in [1.54, 1.807) is 23.6 Å². The van der Waals surface area contributed by atoms with Crippen molar-refractivity contribution in [2.24, 2.45) is 5.73 Å². The van der Waals surface area contributed by atoms with Crippen LogP contribution in [0, 0.1) is 0 Å². The number of thiazole rings is 1. The first-order chi connectivity index (χ1) is 14.0. The van der Waals surface area contributed by atoms with Gasteiger partial charge < -0.3 is 20.7 Å². The van der Waals surface area contributed by atoms with Crippen LogP contribution in [0.15, 0.2) is 34.5 Å². The van der Waals surface area contributed by atoms with E-state index >= 15 is 0 Å². The summed E-state index contributed by atoms with van der Waals surface area (Å²) < 4.78 is 30.8. The molecule has 2 aromatic rings. The van der Waals surface area contributed by atoms with Gasteiger partial charge in [-0.2, -0.15) is 0 Å². The molecular formula is C19H26N4O4S2. The monoisotopic (exact) mass is 438 g/mol. The molecule has 1 aliphatic rings. The Kier molecular flexibility index (Phi) is 7.59. The van der Waals surface area contributed by atoms with Crippen LogP contribution in [0.1, 0.15) is 29.8 Å². The summed E-state index contributed by atoms with van der Waals surface area (Å²) in [6, 6.07) is 6.47. The van der Waals surface area contributed by atoms with Gasteiger partial charge in [0.1, 0.15) is 5.69 Å². The molecule has 1 aromatic carbocycles. The summed E-state index contributed by atoms with van der Waals surface area (Å²) in [5, 5.41) is 5.16. The number of sulfone groups is 1. The highest BCUT2D eigenvalue weighted by Crippen LogP contribution is 2.25. The van der Waals surface area contributed by atoms with Crippen LogP contribution in [-0.2, 0) is 14.6 Å². The van der Waals surface area contributed by atoms with Gasteiger partial charge >= 0.3 is 0 Å². The van der Waals surface area contributed by atoms with Gasteiger partial charge in [0.05, 0.1) is 29.5 Å². The largest absolute Gasteiger partial charge is 0.378 e. The fourth-order valence-electron chi connectivity index (χ4n) is 3.02. The van der Waals surface area contributed by atoms with E-state index in [-0.39, 0.29) is 22.0 Å². The average Bonchev–Trinajstić information content (AvgIpc) is 3.23. The van der Waals surface area contributed by atoms with E-state index in [0.717, 1.165) is 31.1 Å². The number of para-hydroxylation sites is 1. The maximum Gasteiger partial charge on any atom is 0.275 e. The molecule has 3 rings (SSSR count). The third kappa shape index (κ3) is 5.75. The maximum absolute atomic E-state index is 12.7. The number of benzene rings is 1. The summed E-state index contributed by atoms with van der Waals surface area (Å²) >= 11 is 1.39. The van der Waals surface area contributed by atoms with Crippen LogP contribution in [0.25, 0.3) is 0 Å². The Balaban J connectivity index is 1.70. The second-order valence-electron chi connectivity index (χ2n) is 6.73. The zero-order valence-electron chi connectivity index (χ0n) is 16.2. The van der Waals surface area contributed by atoms with Gasteiger partial charge in [0.2, 0.25) is 0 Å². The Labute approximate surface area is 175 Å². The SMILES string of the molecule is NCCCCCS(=O)(=O)c1ccccc1NC(=O)c1csc(N2CCOCC2)n1. The van der Waals surface area contributed by atoms with E-state index in [1.807, 2.05) is 0 Å². The molecule has 8 nitrogen and oxygen atoms in total. The van der Waals surface area contributed by atoms with Crippen LogP contribution < -0.4 is 16.0 Å². The summed E-state index contributed by atoms with van der Waals surface area (Å²) in [5.41, 5.74) is 6.01. The number of nitrogens with two attached hydrogens (primary N) is 1. The number of hydrogen-bond acceptors (Lipinski definition) is 8. The highest BCUT2D eigenvalue weighted by Gasteiger charge is 2.21. The Morgan fingerprint density at radius 3 is 2.72 bits per heavy atom. The third-order valence-corrected chi connectivity index (χ3v) is 7.35. The highest BCUT2D eigenvalue weighted by molar-refractivity contribution is 7.91. The number of rotatable bonds is 9. The van der Waals surface area contributed by atoms with Gasteiger partial charge in [-0.15, -0.1) is 11.3 Å². The van der Waals surface area contributed by atoms with Gasteiger partial charge in [-0.1, -0.05) is 18.6 Å². The first kappa shape index (κ1) is 21.7. The fourth-order valence-corrected chi connectivity index (χ4v) is 5.42. The first-order valence-corrected chi connectivity index (χ1v) is 12.2. The highest BCUT2D eigenvalue weighted by atomic mass is 32.2. The number of anilines is 2. The lowest BCUT2D eigenvalue weighted by Crippen LogP contribution is -2.36. The van der Waals surface area contributed by atoms with Crippen molar-refractivity contribution in [3.05, 3.63) is 35.3 Å². The molecule has 1 amide bonds. The molecule has 1 aromatic heterocycles. The number of carbonyl (C=O) groups excluding carboxylic acids is 1. The van der Waals surface area contributed by atoms with E-state index in [4.69, 9.17) is 10.5 Å². The predicted octanol–water partition coefficient (Wildman–Crippen LogP) is 2.13. The number of morpholine rings is 1. The summed E-state index contributed by atoms with van der Waals surface area (Å²) in [4.78, 5) is 19.3. The van der Waals surface area contributed by atoms with Crippen molar-refractivity contribution in [3.63, 3.8) is 0 Å². The lowest BCUT2D eigenvalue weighted by atomic mass is 10.2. The summed E-state index contributed by atoms with van der Waals surface area (Å²) in [6.07, 6.45) is 2.09. The molecule has 0 saturated carbocycles. The van der Waals surface area contributed by atoms with E-state index in [0.29, 0.717) is 26.2 Å². The number of unbranched alkanes of at least 4 members (excludes halogenated alkanes) is 2. The summed E-state index contributed by atoms with van der Waals surface area (Å²) in [6.45, 7) is 3.29. The van der Waals surface area contributed by atoms with Gasteiger partial charge in [-0.05, 0) is 31.5 Å². The van der Waals surface area contributed by atoms with Crippen molar-refractivity contribution in [2.75, 3.05) is 48.8 Å². The second-order valence-corrected chi connectivity index (χ2v) is 9.65. The van der Waals surface area contributed by atoms with Crippen LogP contribution in [0.5, 0.6) is 0 Å². The zero-order chi connectivity index (χ0) is 20.7. The number of nitrogens with one attached hydrogen (secondary N) is 1.